The summed E-state index contributed by atoms with van der Waals surface area (Å²) in [6.07, 6.45) is -0.259. The van der Waals surface area contributed by atoms with Crippen LogP contribution in [0.25, 0.3) is 0 Å². The summed E-state index contributed by atoms with van der Waals surface area (Å²) < 4.78 is 13.2. The van der Waals surface area contributed by atoms with Gasteiger partial charge in [0.25, 0.3) is 11.8 Å². The van der Waals surface area contributed by atoms with Crippen molar-refractivity contribution in [2.75, 3.05) is 6.54 Å². The lowest BCUT2D eigenvalue weighted by Gasteiger charge is -2.20. The molecule has 1 fully saturated rings. The molecule has 2 rings (SSSR count). The summed E-state index contributed by atoms with van der Waals surface area (Å²) in [6, 6.07) is 2.65. The van der Waals surface area contributed by atoms with E-state index in [-0.39, 0.29) is 24.5 Å². The maximum Gasteiger partial charge on any atom is 0.321 e. The smallest absolute Gasteiger partial charge is 0.321 e. The molecule has 1 saturated heterocycles. The SMILES string of the molecule is NC(=O)N1CCC(O)(C(=O)NCc2cc(F)cc(Cl)c2)C1=O. The van der Waals surface area contributed by atoms with Gasteiger partial charge in [0, 0.05) is 24.5 Å². The van der Waals surface area contributed by atoms with Crippen molar-refractivity contribution < 1.29 is 23.9 Å². The predicted octanol–water partition coefficient (Wildman–Crippen LogP) is 0.137. The maximum atomic E-state index is 13.2. The number of primary amides is 1. The predicted molar refractivity (Wildman–Crippen MR) is 74.1 cm³/mol. The lowest BCUT2D eigenvalue weighted by molar-refractivity contribution is -0.153. The normalized spacial score (nSPS) is 21.0. The standard InChI is InChI=1S/C13H13ClFN3O4/c14-8-3-7(4-9(15)5-8)6-17-10(19)13(22)1-2-18(11(13)20)12(16)21/h3-5,22H,1-2,6H2,(H2,16,21)(H,17,19). The van der Waals surface area contributed by atoms with Gasteiger partial charge in [0.2, 0.25) is 5.60 Å². The number of nitrogens with one attached hydrogen (secondary N) is 1. The first-order chi connectivity index (χ1) is 10.2. The average Bonchev–Trinajstić information content (AvgIpc) is 2.72. The van der Waals surface area contributed by atoms with E-state index in [0.29, 0.717) is 10.5 Å². The number of carbonyl (C=O) groups is 3. The van der Waals surface area contributed by atoms with Crippen LogP contribution in [-0.4, -0.2) is 40.0 Å². The van der Waals surface area contributed by atoms with E-state index in [4.69, 9.17) is 17.3 Å². The third-order valence-corrected chi connectivity index (χ3v) is 3.53. The van der Waals surface area contributed by atoms with Crippen LogP contribution in [0.15, 0.2) is 18.2 Å². The molecule has 0 bridgehead atoms. The number of aliphatic hydroxyl groups is 1. The van der Waals surface area contributed by atoms with Crippen molar-refractivity contribution >= 4 is 29.4 Å². The molecule has 0 saturated carbocycles. The van der Waals surface area contributed by atoms with Crippen molar-refractivity contribution in [1.82, 2.24) is 10.2 Å². The van der Waals surface area contributed by atoms with Crippen LogP contribution in [0.2, 0.25) is 5.02 Å². The molecule has 4 amide bonds. The Morgan fingerprint density at radius 3 is 2.68 bits per heavy atom. The van der Waals surface area contributed by atoms with Gasteiger partial charge in [0.15, 0.2) is 0 Å². The fourth-order valence-electron chi connectivity index (χ4n) is 2.17. The molecule has 0 radical (unpaired) electrons. The van der Waals surface area contributed by atoms with Gasteiger partial charge < -0.3 is 16.2 Å². The molecule has 118 valence electrons. The second-order valence-electron chi connectivity index (χ2n) is 4.87. The number of nitrogens with two attached hydrogens (primary N) is 1. The summed E-state index contributed by atoms with van der Waals surface area (Å²) >= 11 is 5.68. The zero-order valence-electron chi connectivity index (χ0n) is 11.3. The van der Waals surface area contributed by atoms with Crippen molar-refractivity contribution in [2.24, 2.45) is 5.73 Å². The third-order valence-electron chi connectivity index (χ3n) is 3.31. The minimum absolute atomic E-state index is 0.136. The molecule has 0 spiro atoms. The minimum atomic E-state index is -2.36. The van der Waals surface area contributed by atoms with Gasteiger partial charge in [-0.3, -0.25) is 14.5 Å². The summed E-state index contributed by atoms with van der Waals surface area (Å²) in [5, 5.41) is 12.6. The highest BCUT2D eigenvalue weighted by atomic mass is 35.5. The van der Waals surface area contributed by atoms with Gasteiger partial charge in [-0.1, -0.05) is 11.6 Å². The summed E-state index contributed by atoms with van der Waals surface area (Å²) in [5.74, 6) is -2.64. The molecule has 1 unspecified atom stereocenters. The van der Waals surface area contributed by atoms with E-state index in [2.05, 4.69) is 5.32 Å². The summed E-state index contributed by atoms with van der Waals surface area (Å²) in [7, 11) is 0. The Labute approximate surface area is 129 Å². The van der Waals surface area contributed by atoms with Crippen LogP contribution in [0.5, 0.6) is 0 Å². The topological polar surface area (TPSA) is 113 Å². The van der Waals surface area contributed by atoms with Crippen molar-refractivity contribution in [3.05, 3.63) is 34.6 Å². The molecule has 22 heavy (non-hydrogen) atoms. The van der Waals surface area contributed by atoms with Gasteiger partial charge in [-0.15, -0.1) is 0 Å². The van der Waals surface area contributed by atoms with Gasteiger partial charge in [-0.2, -0.15) is 0 Å². The highest BCUT2D eigenvalue weighted by Crippen LogP contribution is 2.23. The highest BCUT2D eigenvalue weighted by Gasteiger charge is 2.52. The molecule has 0 aromatic heterocycles. The lowest BCUT2D eigenvalue weighted by atomic mass is 10.0. The van der Waals surface area contributed by atoms with E-state index in [1.165, 1.54) is 6.07 Å². The van der Waals surface area contributed by atoms with Gasteiger partial charge in [0.05, 0.1) is 0 Å². The number of nitrogens with zero attached hydrogens (tertiary/aromatic N) is 1. The van der Waals surface area contributed by atoms with E-state index in [1.807, 2.05) is 0 Å². The van der Waals surface area contributed by atoms with Crippen LogP contribution in [0, 0.1) is 5.82 Å². The number of benzene rings is 1. The van der Waals surface area contributed by atoms with Crippen molar-refractivity contribution in [3.8, 4) is 0 Å². The van der Waals surface area contributed by atoms with Gasteiger partial charge in [0.1, 0.15) is 5.82 Å². The third kappa shape index (κ3) is 3.02. The molecule has 1 heterocycles. The molecule has 9 heteroatoms. The van der Waals surface area contributed by atoms with Gasteiger partial charge in [-0.25, -0.2) is 9.18 Å². The van der Waals surface area contributed by atoms with Crippen molar-refractivity contribution in [2.45, 2.75) is 18.6 Å². The Kier molecular flexibility index (Phi) is 4.34. The van der Waals surface area contributed by atoms with Crippen LogP contribution >= 0.6 is 11.6 Å². The monoisotopic (exact) mass is 329 g/mol. The Bertz CT molecular complexity index is 634. The molecule has 1 aromatic rings. The Morgan fingerprint density at radius 2 is 2.14 bits per heavy atom. The van der Waals surface area contributed by atoms with E-state index in [0.717, 1.165) is 12.1 Å². The van der Waals surface area contributed by atoms with Crippen LogP contribution < -0.4 is 11.1 Å². The minimum Gasteiger partial charge on any atom is -0.372 e. The number of hydrogen-bond donors (Lipinski definition) is 3. The first kappa shape index (κ1) is 16.2. The molecule has 1 atom stereocenters. The zero-order valence-corrected chi connectivity index (χ0v) is 12.1. The molecule has 7 nitrogen and oxygen atoms in total. The van der Waals surface area contributed by atoms with Gasteiger partial charge in [-0.05, 0) is 23.8 Å². The average molecular weight is 330 g/mol. The summed E-state index contributed by atoms with van der Waals surface area (Å²) in [4.78, 5) is 35.5. The Morgan fingerprint density at radius 1 is 1.45 bits per heavy atom. The largest absolute Gasteiger partial charge is 0.372 e. The van der Waals surface area contributed by atoms with E-state index >= 15 is 0 Å². The first-order valence-corrected chi connectivity index (χ1v) is 6.69. The number of hydrogen-bond acceptors (Lipinski definition) is 4. The maximum absolute atomic E-state index is 13.2. The second-order valence-corrected chi connectivity index (χ2v) is 5.30. The van der Waals surface area contributed by atoms with E-state index < -0.39 is 29.3 Å². The molecule has 1 aromatic carbocycles. The first-order valence-electron chi connectivity index (χ1n) is 6.31. The summed E-state index contributed by atoms with van der Waals surface area (Å²) in [5.41, 5.74) is 2.98. The Hall–Kier alpha value is -2.19. The number of amides is 4. The second kappa shape index (κ2) is 5.90. The van der Waals surface area contributed by atoms with Crippen LogP contribution in [-0.2, 0) is 16.1 Å². The lowest BCUT2D eigenvalue weighted by Crippen LogP contribution is -2.53. The quantitative estimate of drug-likeness (QED) is 0.684. The molecule has 0 aliphatic carbocycles. The zero-order chi connectivity index (χ0) is 16.5. The molecular formula is C13H13ClFN3O4. The fraction of sp³-hybridized carbons (Fsp3) is 0.308. The molecule has 4 N–H and O–H groups in total. The van der Waals surface area contributed by atoms with Crippen LogP contribution in [0.3, 0.4) is 0 Å². The number of imide groups is 1. The molecule has 1 aliphatic heterocycles. The Balaban J connectivity index is 2.06. The number of urea groups is 1. The fourth-order valence-corrected chi connectivity index (χ4v) is 2.41. The molecule has 1 aliphatic rings. The van der Waals surface area contributed by atoms with Crippen molar-refractivity contribution in [1.29, 1.82) is 0 Å². The van der Waals surface area contributed by atoms with E-state index in [1.54, 1.807) is 0 Å². The number of halogens is 2. The summed E-state index contributed by atoms with van der Waals surface area (Å²) in [6.45, 7) is -0.285. The van der Waals surface area contributed by atoms with Crippen LogP contribution in [0.1, 0.15) is 12.0 Å². The number of rotatable bonds is 3. The number of carbonyl (C=O) groups excluding carboxylic acids is 3. The highest BCUT2D eigenvalue weighted by molar-refractivity contribution is 6.30. The van der Waals surface area contributed by atoms with Crippen molar-refractivity contribution in [3.63, 3.8) is 0 Å². The van der Waals surface area contributed by atoms with Crippen LogP contribution in [0.4, 0.5) is 9.18 Å². The molecular weight excluding hydrogens is 317 g/mol. The number of likely N-dealkylation sites (tertiary alicyclic amines) is 1. The van der Waals surface area contributed by atoms with Gasteiger partial charge >= 0.3 is 6.03 Å². The van der Waals surface area contributed by atoms with E-state index in [9.17, 15) is 23.9 Å².